The van der Waals surface area contributed by atoms with E-state index >= 15 is 0 Å². The van der Waals surface area contributed by atoms with Crippen LogP contribution in [-0.4, -0.2) is 6.09 Å². The van der Waals surface area contributed by atoms with Crippen molar-refractivity contribution in [3.05, 3.63) is 34.9 Å². The van der Waals surface area contributed by atoms with Gasteiger partial charge in [-0.25, -0.2) is 4.79 Å². The highest BCUT2D eigenvalue weighted by Crippen LogP contribution is 2.15. The predicted octanol–water partition coefficient (Wildman–Crippen LogP) is 1.36. The lowest BCUT2D eigenvalue weighted by Gasteiger charge is -2.12. The average molecular weight is 194 g/mol. The number of ether oxygens (including phenoxy) is 1. The molecule has 1 aromatic rings. The number of carbonyl (C=O) groups is 1. The molecule has 0 spiro atoms. The van der Waals surface area contributed by atoms with Crippen LogP contribution in [0.2, 0.25) is 0 Å². The van der Waals surface area contributed by atoms with Crippen LogP contribution in [0.1, 0.15) is 22.9 Å². The first-order valence-corrected chi connectivity index (χ1v) is 4.29. The molecule has 0 saturated carbocycles. The van der Waals surface area contributed by atoms with Gasteiger partial charge in [-0.2, -0.15) is 0 Å². The smallest absolute Gasteiger partial charge is 0.406 e. The molecule has 0 aliphatic heterocycles. The second kappa shape index (κ2) is 4.11. The second-order valence-corrected chi connectivity index (χ2v) is 3.28. The number of benzene rings is 1. The van der Waals surface area contributed by atoms with Gasteiger partial charge in [0.2, 0.25) is 0 Å². The Morgan fingerprint density at radius 1 is 1.29 bits per heavy atom. The number of hydrogen-bond acceptors (Lipinski definition) is 3. The van der Waals surface area contributed by atoms with E-state index in [4.69, 9.17) is 11.5 Å². The number of primary amides is 1. The Kier molecular flexibility index (Phi) is 3.09. The molecule has 14 heavy (non-hydrogen) atoms. The topological polar surface area (TPSA) is 78.3 Å². The molecule has 76 valence electrons. The zero-order chi connectivity index (χ0) is 10.7. The molecule has 4 heteroatoms. The quantitative estimate of drug-likeness (QED) is 0.697. The molecular weight excluding hydrogens is 180 g/mol. The van der Waals surface area contributed by atoms with Gasteiger partial charge in [0.1, 0.15) is 0 Å². The van der Waals surface area contributed by atoms with Crippen LogP contribution < -0.4 is 11.5 Å². The standard InChI is InChI=1S/C10H14N2O2/c1-6-3-7(2)5-8(4-6)9(11)14-10(12)13/h3-5,9H,11H2,1-2H3,(H2,12,13). The molecule has 0 aromatic heterocycles. The molecule has 0 aliphatic rings. The van der Waals surface area contributed by atoms with Gasteiger partial charge in [-0.1, -0.05) is 29.3 Å². The Balaban J connectivity index is 2.89. The van der Waals surface area contributed by atoms with E-state index in [1.807, 2.05) is 32.0 Å². The summed E-state index contributed by atoms with van der Waals surface area (Å²) >= 11 is 0. The fraction of sp³-hybridized carbons (Fsp3) is 0.300. The van der Waals surface area contributed by atoms with E-state index in [-0.39, 0.29) is 0 Å². The Labute approximate surface area is 82.8 Å². The van der Waals surface area contributed by atoms with Crippen molar-refractivity contribution in [1.82, 2.24) is 0 Å². The number of hydrogen-bond donors (Lipinski definition) is 2. The van der Waals surface area contributed by atoms with E-state index in [1.54, 1.807) is 0 Å². The largest absolute Gasteiger partial charge is 0.426 e. The summed E-state index contributed by atoms with van der Waals surface area (Å²) in [6.07, 6.45) is -1.65. The normalized spacial score (nSPS) is 12.2. The molecule has 4 nitrogen and oxygen atoms in total. The van der Waals surface area contributed by atoms with Gasteiger partial charge in [0.15, 0.2) is 6.23 Å². The number of nitrogens with two attached hydrogens (primary N) is 2. The van der Waals surface area contributed by atoms with Crippen molar-refractivity contribution in [3.8, 4) is 0 Å². The fourth-order valence-corrected chi connectivity index (χ4v) is 1.37. The number of aryl methyl sites for hydroxylation is 2. The maximum atomic E-state index is 10.5. The van der Waals surface area contributed by atoms with Gasteiger partial charge >= 0.3 is 6.09 Å². The Bertz CT molecular complexity index is 330. The zero-order valence-corrected chi connectivity index (χ0v) is 8.28. The first-order chi connectivity index (χ1) is 6.49. The molecule has 1 rings (SSSR count). The molecule has 0 bridgehead atoms. The SMILES string of the molecule is Cc1cc(C)cc(C(N)OC(N)=O)c1. The van der Waals surface area contributed by atoms with E-state index in [9.17, 15) is 4.79 Å². The van der Waals surface area contributed by atoms with Crippen LogP contribution in [-0.2, 0) is 4.74 Å². The van der Waals surface area contributed by atoms with Crippen LogP contribution in [0, 0.1) is 13.8 Å². The first kappa shape index (κ1) is 10.5. The minimum Gasteiger partial charge on any atom is -0.426 e. The van der Waals surface area contributed by atoms with Crippen LogP contribution in [0.15, 0.2) is 18.2 Å². The molecule has 4 N–H and O–H groups in total. The second-order valence-electron chi connectivity index (χ2n) is 3.28. The Morgan fingerprint density at radius 2 is 1.79 bits per heavy atom. The lowest BCUT2D eigenvalue weighted by Crippen LogP contribution is -2.23. The first-order valence-electron chi connectivity index (χ1n) is 4.29. The summed E-state index contributed by atoms with van der Waals surface area (Å²) in [7, 11) is 0. The van der Waals surface area contributed by atoms with E-state index in [1.165, 1.54) is 0 Å². The molecule has 0 radical (unpaired) electrons. The summed E-state index contributed by atoms with van der Waals surface area (Å²) in [5.41, 5.74) is 13.4. The van der Waals surface area contributed by atoms with E-state index in [0.29, 0.717) is 0 Å². The van der Waals surface area contributed by atoms with Crippen molar-refractivity contribution in [2.75, 3.05) is 0 Å². The number of carbonyl (C=O) groups excluding carboxylic acids is 1. The molecule has 0 heterocycles. The summed E-state index contributed by atoms with van der Waals surface area (Å²) in [5, 5.41) is 0. The molecule has 1 amide bonds. The van der Waals surface area contributed by atoms with Crippen molar-refractivity contribution >= 4 is 6.09 Å². The maximum absolute atomic E-state index is 10.5. The highest BCUT2D eigenvalue weighted by molar-refractivity contribution is 5.65. The van der Waals surface area contributed by atoms with Crippen molar-refractivity contribution in [3.63, 3.8) is 0 Å². The van der Waals surface area contributed by atoms with Crippen molar-refractivity contribution in [1.29, 1.82) is 0 Å². The Morgan fingerprint density at radius 3 is 2.21 bits per heavy atom. The average Bonchev–Trinajstić information content (AvgIpc) is 2.00. The lowest BCUT2D eigenvalue weighted by molar-refractivity contribution is 0.110. The summed E-state index contributed by atoms with van der Waals surface area (Å²) in [4.78, 5) is 10.5. The van der Waals surface area contributed by atoms with Crippen molar-refractivity contribution < 1.29 is 9.53 Å². The van der Waals surface area contributed by atoms with Gasteiger partial charge in [-0.3, -0.25) is 5.73 Å². The van der Waals surface area contributed by atoms with Crippen LogP contribution in [0.4, 0.5) is 4.79 Å². The van der Waals surface area contributed by atoms with Crippen molar-refractivity contribution in [2.24, 2.45) is 11.5 Å². The highest BCUT2D eigenvalue weighted by atomic mass is 16.6. The minimum absolute atomic E-state index is 0.751. The summed E-state index contributed by atoms with van der Waals surface area (Å²) in [5.74, 6) is 0. The zero-order valence-electron chi connectivity index (χ0n) is 8.28. The summed E-state index contributed by atoms with van der Waals surface area (Å²) in [6, 6.07) is 5.74. The van der Waals surface area contributed by atoms with E-state index in [2.05, 4.69) is 4.74 Å². The molecule has 1 unspecified atom stereocenters. The minimum atomic E-state index is -0.864. The monoisotopic (exact) mass is 194 g/mol. The summed E-state index contributed by atoms with van der Waals surface area (Å²) in [6.45, 7) is 3.90. The van der Waals surface area contributed by atoms with Gasteiger partial charge < -0.3 is 10.5 Å². The highest BCUT2D eigenvalue weighted by Gasteiger charge is 2.09. The molecule has 0 fully saturated rings. The third kappa shape index (κ3) is 2.74. The third-order valence-electron chi connectivity index (χ3n) is 1.82. The van der Waals surface area contributed by atoms with Crippen LogP contribution in [0.5, 0.6) is 0 Å². The van der Waals surface area contributed by atoms with Gasteiger partial charge in [0.25, 0.3) is 0 Å². The van der Waals surface area contributed by atoms with Gasteiger partial charge in [-0.15, -0.1) is 0 Å². The van der Waals surface area contributed by atoms with Crippen LogP contribution in [0.3, 0.4) is 0 Å². The molecule has 1 aromatic carbocycles. The van der Waals surface area contributed by atoms with Crippen LogP contribution in [0.25, 0.3) is 0 Å². The van der Waals surface area contributed by atoms with E-state index in [0.717, 1.165) is 16.7 Å². The summed E-state index contributed by atoms with van der Waals surface area (Å²) < 4.78 is 4.66. The van der Waals surface area contributed by atoms with E-state index < -0.39 is 12.3 Å². The molecular formula is C10H14N2O2. The van der Waals surface area contributed by atoms with Gasteiger partial charge in [-0.05, 0) is 13.8 Å². The van der Waals surface area contributed by atoms with Crippen molar-refractivity contribution in [2.45, 2.75) is 20.1 Å². The lowest BCUT2D eigenvalue weighted by atomic mass is 10.1. The predicted molar refractivity (Wildman–Crippen MR) is 53.5 cm³/mol. The fourth-order valence-electron chi connectivity index (χ4n) is 1.37. The van der Waals surface area contributed by atoms with Gasteiger partial charge in [0.05, 0.1) is 0 Å². The van der Waals surface area contributed by atoms with Gasteiger partial charge in [0, 0.05) is 5.56 Å². The molecule has 1 atom stereocenters. The number of amides is 1. The molecule has 0 aliphatic carbocycles. The molecule has 0 saturated heterocycles. The third-order valence-corrected chi connectivity index (χ3v) is 1.82. The maximum Gasteiger partial charge on any atom is 0.406 e. The van der Waals surface area contributed by atoms with Crippen LogP contribution >= 0.6 is 0 Å². The number of rotatable bonds is 2. The Hall–Kier alpha value is -1.55.